The van der Waals surface area contributed by atoms with Crippen molar-refractivity contribution < 1.29 is 45.4 Å². The number of rotatable bonds is 4. The van der Waals surface area contributed by atoms with E-state index in [2.05, 4.69) is 0 Å². The van der Waals surface area contributed by atoms with Crippen molar-refractivity contribution in [2.75, 3.05) is 0 Å². The fraction of sp³-hybridized carbons (Fsp3) is 0. The predicted molar refractivity (Wildman–Crippen MR) is 96.0 cm³/mol. The van der Waals surface area contributed by atoms with Gasteiger partial charge in [0.2, 0.25) is 23.1 Å². The molecule has 0 saturated carbocycles. The normalized spacial score (nSPS) is 13.3. The number of fused-ring (bicyclic) bond motifs is 1. The Kier molecular flexibility index (Phi) is 5.21. The van der Waals surface area contributed by atoms with E-state index < -0.39 is 69.5 Å². The molecule has 0 radical (unpaired) electrons. The summed E-state index contributed by atoms with van der Waals surface area (Å²) in [5.41, 5.74) is -0.495. The molecule has 0 N–H and O–H groups in total. The highest BCUT2D eigenvalue weighted by Crippen LogP contribution is 2.34. The van der Waals surface area contributed by atoms with Crippen molar-refractivity contribution in [3.8, 4) is 11.5 Å². The first-order chi connectivity index (χ1) is 15.2. The molecule has 0 aliphatic heterocycles. The molecule has 4 rings (SSSR count). The Morgan fingerprint density at radius 1 is 0.531 bits per heavy atom. The average Bonchev–Trinajstić information content (AvgIpc) is 2.72. The maximum absolute atomic E-state index is 14.1. The second kappa shape index (κ2) is 7.88. The Hall–Kier alpha value is -4.08. The number of benzene rings is 3. The van der Waals surface area contributed by atoms with Gasteiger partial charge in [-0.25, -0.2) is 26.3 Å². The molecule has 0 aromatic heterocycles. The van der Waals surface area contributed by atoms with Gasteiger partial charge in [0.1, 0.15) is 11.6 Å². The number of ketones is 2. The number of carbonyl (C=O) groups is 2. The molecule has 1 aliphatic carbocycles. The Labute approximate surface area is 175 Å². The molecule has 0 heterocycles. The smallest absolute Gasteiger partial charge is 0.233 e. The lowest BCUT2D eigenvalue weighted by atomic mass is 9.92. The summed E-state index contributed by atoms with van der Waals surface area (Å²) in [5.74, 6) is -15.8. The van der Waals surface area contributed by atoms with Gasteiger partial charge in [0.25, 0.3) is 0 Å². The number of Topliss-reactive ketones (excluding diaryl/α,β-unsaturated/α-hetero) is 2. The topological polar surface area (TPSA) is 52.6 Å². The first-order valence-corrected chi connectivity index (χ1v) is 8.75. The minimum Gasteiger partial charge on any atom is -0.443 e. The van der Waals surface area contributed by atoms with Crippen LogP contribution in [0.5, 0.6) is 11.5 Å². The zero-order valence-corrected chi connectivity index (χ0v) is 15.5. The van der Waals surface area contributed by atoms with Crippen molar-refractivity contribution in [3.63, 3.8) is 0 Å². The summed E-state index contributed by atoms with van der Waals surface area (Å²) in [5, 5.41) is 0. The molecule has 0 saturated heterocycles. The van der Waals surface area contributed by atoms with Gasteiger partial charge in [0.15, 0.2) is 34.8 Å². The van der Waals surface area contributed by atoms with E-state index in [4.69, 9.17) is 9.47 Å². The molecule has 3 aromatic rings. The molecule has 0 atom stereocenters. The third kappa shape index (κ3) is 3.59. The highest BCUT2D eigenvalue weighted by atomic mass is 19.2. The molecule has 10 heteroatoms. The van der Waals surface area contributed by atoms with E-state index in [1.165, 1.54) is 24.3 Å². The maximum Gasteiger partial charge on any atom is 0.233 e. The Morgan fingerprint density at radius 2 is 0.844 bits per heavy atom. The molecule has 0 spiro atoms. The summed E-state index contributed by atoms with van der Waals surface area (Å²) in [6, 6.07) is 6.17. The number of hydrogen-bond acceptors (Lipinski definition) is 4. The van der Waals surface area contributed by atoms with E-state index in [-0.39, 0.29) is 35.4 Å². The van der Waals surface area contributed by atoms with Gasteiger partial charge in [0.05, 0.1) is 0 Å². The van der Waals surface area contributed by atoms with E-state index in [1.807, 2.05) is 0 Å². The van der Waals surface area contributed by atoms with Crippen LogP contribution < -0.4 is 9.47 Å². The molecule has 0 bridgehead atoms. The summed E-state index contributed by atoms with van der Waals surface area (Å²) < 4.78 is 92.6. The third-order valence-corrected chi connectivity index (χ3v) is 4.37. The van der Waals surface area contributed by atoms with Crippen LogP contribution in [0.2, 0.25) is 0 Å². The maximum atomic E-state index is 14.1. The lowest BCUT2D eigenvalue weighted by Gasteiger charge is -2.21. The van der Waals surface area contributed by atoms with Crippen LogP contribution in [0.3, 0.4) is 0 Å². The fourth-order valence-electron chi connectivity index (χ4n) is 2.97. The molecule has 0 unspecified atom stereocenters. The van der Waals surface area contributed by atoms with Crippen LogP contribution in [-0.2, 0) is 0 Å². The van der Waals surface area contributed by atoms with Crippen molar-refractivity contribution >= 4 is 11.6 Å². The molecule has 4 nitrogen and oxygen atoms in total. The first kappa shape index (κ1) is 21.2. The van der Waals surface area contributed by atoms with E-state index >= 15 is 0 Å². The van der Waals surface area contributed by atoms with Crippen molar-refractivity contribution in [2.45, 2.75) is 0 Å². The van der Waals surface area contributed by atoms with Crippen molar-refractivity contribution in [2.24, 2.45) is 0 Å². The number of halogens is 6. The van der Waals surface area contributed by atoms with E-state index in [1.54, 1.807) is 0 Å². The van der Waals surface area contributed by atoms with Crippen LogP contribution >= 0.6 is 0 Å². The van der Waals surface area contributed by atoms with Gasteiger partial charge in [-0.15, -0.1) is 0 Å². The van der Waals surface area contributed by atoms with Crippen LogP contribution in [0.4, 0.5) is 26.3 Å². The molecule has 162 valence electrons. The van der Waals surface area contributed by atoms with Crippen LogP contribution in [-0.4, -0.2) is 11.6 Å². The number of ether oxygens (including phenoxy) is 2. The zero-order chi connectivity index (χ0) is 23.2. The first-order valence-electron chi connectivity index (χ1n) is 8.75. The van der Waals surface area contributed by atoms with Crippen LogP contribution in [0.25, 0.3) is 0 Å². The van der Waals surface area contributed by atoms with Gasteiger partial charge in [0, 0.05) is 35.4 Å². The minimum atomic E-state index is -1.56. The average molecular weight is 450 g/mol. The lowest BCUT2D eigenvalue weighted by Crippen LogP contribution is -2.28. The van der Waals surface area contributed by atoms with E-state index in [9.17, 15) is 35.9 Å². The second-order valence-electron chi connectivity index (χ2n) is 6.46. The number of allylic oxidation sites excluding steroid dienone is 2. The molecule has 0 fully saturated rings. The van der Waals surface area contributed by atoms with Crippen molar-refractivity contribution in [1.82, 2.24) is 0 Å². The highest BCUT2D eigenvalue weighted by Gasteiger charge is 2.37. The monoisotopic (exact) mass is 450 g/mol. The van der Waals surface area contributed by atoms with Gasteiger partial charge in [-0.1, -0.05) is 24.3 Å². The van der Waals surface area contributed by atoms with Gasteiger partial charge in [-0.3, -0.25) is 9.59 Å². The molecule has 1 aliphatic rings. The van der Waals surface area contributed by atoms with Crippen LogP contribution in [0.15, 0.2) is 60.0 Å². The standard InChI is InChI=1S/C22H8F6O4/c23-9-5-13(25)19(14(26)6-9)31-21-17(29)11-3-1-2-4-12(11)18(30)22(21)32-20-15(27)7-10(24)8-16(20)28/h1-8H. The summed E-state index contributed by atoms with van der Waals surface area (Å²) in [4.78, 5) is 25.8. The van der Waals surface area contributed by atoms with Crippen LogP contribution in [0, 0.1) is 34.9 Å². The third-order valence-electron chi connectivity index (χ3n) is 4.37. The van der Waals surface area contributed by atoms with Gasteiger partial charge < -0.3 is 9.47 Å². The van der Waals surface area contributed by atoms with Crippen molar-refractivity contribution in [1.29, 1.82) is 0 Å². The zero-order valence-electron chi connectivity index (χ0n) is 15.5. The molecular formula is C22H8F6O4. The Morgan fingerprint density at radius 3 is 1.16 bits per heavy atom. The molecule has 0 amide bonds. The van der Waals surface area contributed by atoms with Gasteiger partial charge in [-0.05, 0) is 0 Å². The molecule has 32 heavy (non-hydrogen) atoms. The van der Waals surface area contributed by atoms with E-state index in [0.29, 0.717) is 0 Å². The quantitative estimate of drug-likeness (QED) is 0.509. The molecular weight excluding hydrogens is 442 g/mol. The number of hydrogen-bond donors (Lipinski definition) is 0. The van der Waals surface area contributed by atoms with Crippen LogP contribution in [0.1, 0.15) is 20.7 Å². The SMILES string of the molecule is O=C1C(Oc2c(F)cc(F)cc2F)=C(Oc2c(F)cc(F)cc2F)C(=O)c2ccccc21. The van der Waals surface area contributed by atoms with E-state index in [0.717, 1.165) is 0 Å². The van der Waals surface area contributed by atoms with Crippen molar-refractivity contribution in [3.05, 3.63) is 106 Å². The Balaban J connectivity index is 1.90. The lowest BCUT2D eigenvalue weighted by molar-refractivity contribution is 0.0891. The number of carbonyl (C=O) groups excluding carboxylic acids is 2. The highest BCUT2D eigenvalue weighted by molar-refractivity contribution is 6.25. The summed E-state index contributed by atoms with van der Waals surface area (Å²) >= 11 is 0. The summed E-state index contributed by atoms with van der Waals surface area (Å²) in [6.45, 7) is 0. The summed E-state index contributed by atoms with van der Waals surface area (Å²) in [7, 11) is 0. The minimum absolute atomic E-state index is 0.247. The Bertz CT molecular complexity index is 1190. The predicted octanol–water partition coefficient (Wildman–Crippen LogP) is 5.27. The van der Waals surface area contributed by atoms with Gasteiger partial charge in [-0.2, -0.15) is 0 Å². The largest absolute Gasteiger partial charge is 0.443 e. The van der Waals surface area contributed by atoms with Gasteiger partial charge >= 0.3 is 0 Å². The fourth-order valence-corrected chi connectivity index (χ4v) is 2.97. The molecule has 3 aromatic carbocycles. The second-order valence-corrected chi connectivity index (χ2v) is 6.46. The summed E-state index contributed by atoms with van der Waals surface area (Å²) in [6.07, 6.45) is 0.